The lowest BCUT2D eigenvalue weighted by atomic mass is 9.79. The van der Waals surface area contributed by atoms with Gasteiger partial charge in [0.05, 0.1) is 76.7 Å². The van der Waals surface area contributed by atoms with Gasteiger partial charge in [0.25, 0.3) is 0 Å². The van der Waals surface area contributed by atoms with Gasteiger partial charge in [-0.1, -0.05) is 6.07 Å². The van der Waals surface area contributed by atoms with E-state index >= 15 is 0 Å². The van der Waals surface area contributed by atoms with Gasteiger partial charge in [-0.2, -0.15) is 0 Å². The zero-order chi connectivity index (χ0) is 49.6. The highest BCUT2D eigenvalue weighted by Crippen LogP contribution is 2.57. The van der Waals surface area contributed by atoms with Crippen LogP contribution >= 0.6 is 23.0 Å². The number of nitrogens with one attached hydrogen (secondary N) is 1. The van der Waals surface area contributed by atoms with Gasteiger partial charge in [-0.25, -0.2) is 28.0 Å². The molecule has 24 nitrogen and oxygen atoms in total. The molecule has 3 unspecified atom stereocenters. The fourth-order valence-electron chi connectivity index (χ4n) is 8.76. The average Bonchev–Trinajstić information content (AvgIpc) is 3.66. The van der Waals surface area contributed by atoms with E-state index in [1.54, 1.807) is 86.3 Å². The van der Waals surface area contributed by atoms with E-state index in [4.69, 9.17) is 41.9 Å². The van der Waals surface area contributed by atoms with Gasteiger partial charge in [-0.15, -0.1) is 0 Å². The fourth-order valence-corrected chi connectivity index (χ4v) is 14.9. The number of anilines is 1. The summed E-state index contributed by atoms with van der Waals surface area (Å²) < 4.78 is 107. The van der Waals surface area contributed by atoms with E-state index in [1.807, 2.05) is 13.8 Å². The third-order valence-electron chi connectivity index (χ3n) is 12.1. The summed E-state index contributed by atoms with van der Waals surface area (Å²) in [6.45, 7) is 5.65. The minimum absolute atomic E-state index is 0.0254. The second-order valence-electron chi connectivity index (χ2n) is 18.3. The molecule has 4 saturated heterocycles. The summed E-state index contributed by atoms with van der Waals surface area (Å²) in [5.74, 6) is -0.783. The van der Waals surface area contributed by atoms with Crippen LogP contribution in [0.5, 0.6) is 0 Å². The molecule has 3 N–H and O–H groups in total. The molecule has 2 amide bonds. The van der Waals surface area contributed by atoms with Crippen LogP contribution in [0.2, 0.25) is 0 Å². The number of nitrogens with zero attached hydrogens (tertiary/aromatic N) is 7. The van der Waals surface area contributed by atoms with Crippen molar-refractivity contribution in [2.24, 2.45) is 0 Å². The second-order valence-corrected chi connectivity index (χ2v) is 26.1. The van der Waals surface area contributed by atoms with Crippen molar-refractivity contribution in [3.63, 3.8) is 0 Å². The molecule has 1 aromatic carbocycles. The van der Waals surface area contributed by atoms with Crippen LogP contribution < -0.4 is 10.8 Å². The van der Waals surface area contributed by atoms with E-state index in [2.05, 4.69) is 5.32 Å². The molecular weight excluding hydrogens is 952 g/mol. The van der Waals surface area contributed by atoms with Gasteiger partial charge in [-0.05, 0) is 79.3 Å². The molecule has 28 heteroatoms. The molecule has 4 fully saturated rings. The van der Waals surface area contributed by atoms with Crippen molar-refractivity contribution in [2.45, 2.75) is 76.2 Å². The van der Waals surface area contributed by atoms with Crippen LogP contribution in [0.15, 0.2) is 18.2 Å². The normalized spacial score (nSPS) is 29.5. The molecular formula is C40H72BN8O16P3. The van der Waals surface area contributed by atoms with E-state index in [9.17, 15) is 33.4 Å². The van der Waals surface area contributed by atoms with E-state index < -0.39 is 60.6 Å². The molecule has 0 saturated carbocycles. The average molecular weight is 1020 g/mol. The van der Waals surface area contributed by atoms with Crippen LogP contribution in [0.25, 0.3) is 0 Å². The predicted molar refractivity (Wildman–Crippen MR) is 251 cm³/mol. The Morgan fingerprint density at radius 1 is 0.735 bits per heavy atom. The molecule has 1 aromatic rings. The molecule has 386 valence electrons. The predicted octanol–water partition coefficient (Wildman–Crippen LogP) is 0.754. The van der Waals surface area contributed by atoms with Gasteiger partial charge in [0.15, 0.2) is 6.29 Å². The minimum atomic E-state index is -3.75. The number of carbonyl (C=O) groups is 2. The van der Waals surface area contributed by atoms with Crippen molar-refractivity contribution in [1.29, 1.82) is 0 Å². The van der Waals surface area contributed by atoms with E-state index in [0.717, 1.165) is 5.56 Å². The van der Waals surface area contributed by atoms with Crippen molar-refractivity contribution in [3.05, 3.63) is 23.8 Å². The largest absolute Gasteiger partial charge is 0.491 e. The smallest absolute Gasteiger partial charge is 0.423 e. The summed E-state index contributed by atoms with van der Waals surface area (Å²) in [5, 5.41) is 23.3. The summed E-state index contributed by atoms with van der Waals surface area (Å²) in [6, 6.07) is 5.09. The SMILES string of the molecule is COC[C@@H]1CN(P(=O)(OC[C@@H]2CN(P(=O)(OC[C@@H]3CN(P(=O)(OC[C@@H]4CN(C(=O)CCC(=O)Nc5ccc6c(c5)B(O)OC6)C[C@H](O)O4)N(C)C)CCO3)N(C)C)C[C@H](C)O2)N(C)C)C[C@H](C)O1. The molecule has 0 radical (unpaired) electrons. The van der Waals surface area contributed by atoms with Crippen LogP contribution in [-0.2, 0) is 71.8 Å². The number of morpholine rings is 4. The molecule has 6 rings (SSSR count). The Morgan fingerprint density at radius 3 is 1.84 bits per heavy atom. The quantitative estimate of drug-likeness (QED) is 0.114. The van der Waals surface area contributed by atoms with Crippen LogP contribution in [-0.4, -0.2) is 240 Å². The lowest BCUT2D eigenvalue weighted by Gasteiger charge is -2.44. The zero-order valence-corrected chi connectivity index (χ0v) is 43.4. The standard InChI is InChI=1S/C40H72BN8O16P3/c1-29-17-48(21-35(63-29)25-57-9)68(56,45(7)8)62-28-36-22-49(18-30(2)64-36)67(55,44(5)6)60-26-33-20-47(14-15-58-33)66(54,43(3)4)61-27-34-19-46(23-40(52)65-34)39(51)13-12-38(50)42-32-11-10-31-24-59-41(53)37(31)16-32/h10-11,16,29-30,33-36,40,52-53H,12-15,17-28H2,1-9H3,(H,42,50)/t29-,30-,33-,34-,35-,36-,40+,66?,67?,68?/m0/s1. The molecule has 0 aromatic heterocycles. The van der Waals surface area contributed by atoms with Gasteiger partial charge < -0.3 is 62.3 Å². The Morgan fingerprint density at radius 2 is 1.26 bits per heavy atom. The summed E-state index contributed by atoms with van der Waals surface area (Å²) in [7, 11) is -0.462. The third-order valence-corrected chi connectivity index (χ3v) is 19.8. The first kappa shape index (κ1) is 55.5. The van der Waals surface area contributed by atoms with Crippen LogP contribution in [0.3, 0.4) is 0 Å². The minimum Gasteiger partial charge on any atom is -0.423 e. The number of carbonyl (C=O) groups excluding carboxylic acids is 2. The number of amides is 2. The second kappa shape index (κ2) is 24.3. The van der Waals surface area contributed by atoms with E-state index in [-0.39, 0.29) is 109 Å². The van der Waals surface area contributed by atoms with Crippen LogP contribution in [0.4, 0.5) is 5.69 Å². The Hall–Kier alpha value is -1.77. The van der Waals surface area contributed by atoms with Crippen LogP contribution in [0, 0.1) is 0 Å². The number of aliphatic hydroxyl groups is 1. The molecule has 10 atom stereocenters. The van der Waals surface area contributed by atoms with Gasteiger partial charge in [-0.3, -0.25) is 23.3 Å². The summed E-state index contributed by atoms with van der Waals surface area (Å²) >= 11 is 0. The Kier molecular flexibility index (Phi) is 19.9. The van der Waals surface area contributed by atoms with Crippen molar-refractivity contribution in [1.82, 2.24) is 32.9 Å². The fraction of sp³-hybridized carbons (Fsp3) is 0.800. The first-order valence-corrected chi connectivity index (χ1v) is 27.5. The Bertz CT molecular complexity index is 2020. The molecule has 68 heavy (non-hydrogen) atoms. The lowest BCUT2D eigenvalue weighted by molar-refractivity contribution is -0.195. The van der Waals surface area contributed by atoms with Gasteiger partial charge in [0.1, 0.15) is 6.10 Å². The Labute approximate surface area is 400 Å². The molecule has 0 bridgehead atoms. The maximum Gasteiger partial charge on any atom is 0.491 e. The molecule has 0 spiro atoms. The number of rotatable bonds is 21. The summed E-state index contributed by atoms with van der Waals surface area (Å²) in [6.07, 6.45) is -4.53. The molecule has 0 aliphatic carbocycles. The number of β-amino-alcohol motifs (C(OH)–C–C–N with tert-alkyl or cyclic N) is 1. The van der Waals surface area contributed by atoms with E-state index in [0.29, 0.717) is 30.8 Å². The Balaban J connectivity index is 1.01. The number of hydrogen-bond donors (Lipinski definition) is 3. The molecule has 5 aliphatic heterocycles. The molecule has 5 heterocycles. The number of ether oxygens (including phenoxy) is 5. The number of fused-ring (bicyclic) bond motifs is 1. The number of hydrogen-bond acceptors (Lipinski definition) is 16. The van der Waals surface area contributed by atoms with Gasteiger partial charge >= 0.3 is 30.1 Å². The highest BCUT2D eigenvalue weighted by Gasteiger charge is 2.46. The van der Waals surface area contributed by atoms with Crippen molar-refractivity contribution in [2.75, 3.05) is 140 Å². The van der Waals surface area contributed by atoms with Crippen molar-refractivity contribution < 1.29 is 75.3 Å². The summed E-state index contributed by atoms with van der Waals surface area (Å²) in [4.78, 5) is 27.4. The molecule has 5 aliphatic rings. The zero-order valence-electron chi connectivity index (χ0n) is 40.7. The van der Waals surface area contributed by atoms with Crippen molar-refractivity contribution in [3.8, 4) is 0 Å². The maximum atomic E-state index is 14.8. The highest BCUT2D eigenvalue weighted by atomic mass is 31.2. The third kappa shape index (κ3) is 13.8. The number of aliphatic hydroxyl groups excluding tert-OH is 1. The number of benzene rings is 1. The van der Waals surface area contributed by atoms with Crippen molar-refractivity contribution >= 4 is 53.1 Å². The highest BCUT2D eigenvalue weighted by molar-refractivity contribution is 7.54. The first-order chi connectivity index (χ1) is 32.1. The van der Waals surface area contributed by atoms with Gasteiger partial charge in [0.2, 0.25) is 11.8 Å². The van der Waals surface area contributed by atoms with Gasteiger partial charge in [0, 0.05) is 71.5 Å². The number of methoxy groups -OCH3 is 1. The van der Waals surface area contributed by atoms with Crippen LogP contribution in [0.1, 0.15) is 32.3 Å². The first-order valence-electron chi connectivity index (χ1n) is 22.9. The topological polar surface area (TPSA) is 244 Å². The summed E-state index contributed by atoms with van der Waals surface area (Å²) in [5.41, 5.74) is 1.87. The monoisotopic (exact) mass is 1020 g/mol. The maximum absolute atomic E-state index is 14.8. The lowest BCUT2D eigenvalue weighted by Crippen LogP contribution is -2.52. The van der Waals surface area contributed by atoms with E-state index in [1.165, 1.54) is 14.2 Å².